The number of aromatic amines is 1. The molecule has 1 aromatic heterocycles. The summed E-state index contributed by atoms with van der Waals surface area (Å²) in [5.41, 5.74) is 3.23. The van der Waals surface area contributed by atoms with Crippen molar-refractivity contribution in [2.45, 2.75) is 13.0 Å². The Labute approximate surface area is 81.3 Å². The molecule has 1 aliphatic rings. The number of fused-ring (bicyclic) bond motifs is 3. The zero-order chi connectivity index (χ0) is 9.54. The number of aromatic hydroxyl groups is 1. The first-order valence-corrected chi connectivity index (χ1v) is 4.75. The third-order valence-corrected chi connectivity index (χ3v) is 2.75. The molecule has 0 atom stereocenters. The molecule has 72 valence electrons. The SMILES string of the molecule is Oc1cccc2c3c([nH]c12)CCOC3. The van der Waals surface area contributed by atoms with Gasteiger partial charge in [0, 0.05) is 23.1 Å². The molecule has 1 aromatic carbocycles. The van der Waals surface area contributed by atoms with Gasteiger partial charge in [0.15, 0.2) is 0 Å². The highest BCUT2D eigenvalue weighted by atomic mass is 16.5. The number of phenolic OH excluding ortho intramolecular Hbond substituents is 1. The summed E-state index contributed by atoms with van der Waals surface area (Å²) in [6.07, 6.45) is 0.906. The van der Waals surface area contributed by atoms with E-state index in [1.54, 1.807) is 6.07 Å². The van der Waals surface area contributed by atoms with Crippen LogP contribution in [0.1, 0.15) is 11.3 Å². The quantitative estimate of drug-likeness (QED) is 0.665. The van der Waals surface area contributed by atoms with E-state index in [4.69, 9.17) is 4.74 Å². The molecule has 0 aliphatic carbocycles. The first-order chi connectivity index (χ1) is 6.86. The molecular formula is C11H11NO2. The van der Waals surface area contributed by atoms with Crippen molar-refractivity contribution >= 4 is 10.9 Å². The monoisotopic (exact) mass is 189 g/mol. The van der Waals surface area contributed by atoms with Gasteiger partial charge in [0.2, 0.25) is 0 Å². The molecule has 2 heterocycles. The van der Waals surface area contributed by atoms with E-state index in [1.807, 2.05) is 12.1 Å². The van der Waals surface area contributed by atoms with E-state index in [2.05, 4.69) is 4.98 Å². The van der Waals surface area contributed by atoms with Crippen molar-refractivity contribution in [3.05, 3.63) is 29.5 Å². The fourth-order valence-corrected chi connectivity index (χ4v) is 2.04. The van der Waals surface area contributed by atoms with Crippen LogP contribution in [0.5, 0.6) is 5.75 Å². The lowest BCUT2D eigenvalue weighted by atomic mass is 10.1. The second-order valence-electron chi connectivity index (χ2n) is 3.58. The van der Waals surface area contributed by atoms with Crippen LogP contribution in [0, 0.1) is 0 Å². The average Bonchev–Trinajstić information content (AvgIpc) is 2.59. The Morgan fingerprint density at radius 1 is 1.36 bits per heavy atom. The van der Waals surface area contributed by atoms with E-state index >= 15 is 0 Å². The molecule has 14 heavy (non-hydrogen) atoms. The van der Waals surface area contributed by atoms with Crippen molar-refractivity contribution in [3.63, 3.8) is 0 Å². The fraction of sp³-hybridized carbons (Fsp3) is 0.273. The summed E-state index contributed by atoms with van der Waals surface area (Å²) < 4.78 is 5.40. The Morgan fingerprint density at radius 3 is 3.21 bits per heavy atom. The topological polar surface area (TPSA) is 45.2 Å². The number of H-pyrrole nitrogens is 1. The third kappa shape index (κ3) is 0.960. The Morgan fingerprint density at radius 2 is 2.29 bits per heavy atom. The number of nitrogens with one attached hydrogen (secondary N) is 1. The predicted molar refractivity (Wildman–Crippen MR) is 53.3 cm³/mol. The summed E-state index contributed by atoms with van der Waals surface area (Å²) in [6, 6.07) is 5.57. The van der Waals surface area contributed by atoms with E-state index < -0.39 is 0 Å². The van der Waals surface area contributed by atoms with Gasteiger partial charge in [-0.15, -0.1) is 0 Å². The van der Waals surface area contributed by atoms with Gasteiger partial charge < -0.3 is 14.8 Å². The maximum Gasteiger partial charge on any atom is 0.139 e. The molecule has 0 amide bonds. The molecule has 0 radical (unpaired) electrons. The van der Waals surface area contributed by atoms with Gasteiger partial charge in [0.1, 0.15) is 5.75 Å². The molecule has 0 saturated heterocycles. The van der Waals surface area contributed by atoms with Crippen LogP contribution in [-0.4, -0.2) is 16.7 Å². The number of aromatic nitrogens is 1. The first kappa shape index (κ1) is 7.88. The zero-order valence-corrected chi connectivity index (χ0v) is 7.71. The molecule has 2 N–H and O–H groups in total. The number of para-hydroxylation sites is 1. The lowest BCUT2D eigenvalue weighted by molar-refractivity contribution is 0.111. The molecule has 0 unspecified atom stereocenters. The van der Waals surface area contributed by atoms with E-state index in [9.17, 15) is 5.11 Å². The summed E-state index contributed by atoms with van der Waals surface area (Å²) in [5.74, 6) is 0.317. The lowest BCUT2D eigenvalue weighted by Crippen LogP contribution is -2.08. The number of ether oxygens (including phenoxy) is 1. The van der Waals surface area contributed by atoms with Crippen molar-refractivity contribution in [2.24, 2.45) is 0 Å². The maximum absolute atomic E-state index is 9.65. The molecule has 3 nitrogen and oxygen atoms in total. The van der Waals surface area contributed by atoms with Crippen molar-refractivity contribution in [1.82, 2.24) is 4.98 Å². The van der Waals surface area contributed by atoms with Crippen LogP contribution in [-0.2, 0) is 17.8 Å². The smallest absolute Gasteiger partial charge is 0.139 e. The van der Waals surface area contributed by atoms with Crippen LogP contribution >= 0.6 is 0 Å². The second-order valence-corrected chi connectivity index (χ2v) is 3.58. The normalized spacial score (nSPS) is 15.7. The Hall–Kier alpha value is -1.48. The van der Waals surface area contributed by atoms with E-state index in [1.165, 1.54) is 11.3 Å². The first-order valence-electron chi connectivity index (χ1n) is 4.75. The minimum Gasteiger partial charge on any atom is -0.506 e. The van der Waals surface area contributed by atoms with Gasteiger partial charge in [-0.3, -0.25) is 0 Å². The van der Waals surface area contributed by atoms with Crippen LogP contribution in [0.2, 0.25) is 0 Å². The van der Waals surface area contributed by atoms with E-state index in [0.29, 0.717) is 12.4 Å². The summed E-state index contributed by atoms with van der Waals surface area (Å²) in [6.45, 7) is 1.42. The molecule has 0 bridgehead atoms. The highest BCUT2D eigenvalue weighted by molar-refractivity contribution is 5.89. The van der Waals surface area contributed by atoms with Crippen LogP contribution in [0.15, 0.2) is 18.2 Å². The summed E-state index contributed by atoms with van der Waals surface area (Å²) >= 11 is 0. The van der Waals surface area contributed by atoms with Gasteiger partial charge in [0.25, 0.3) is 0 Å². The number of hydrogen-bond acceptors (Lipinski definition) is 2. The highest BCUT2D eigenvalue weighted by Crippen LogP contribution is 2.31. The molecule has 0 fully saturated rings. The minimum absolute atomic E-state index is 0.317. The molecule has 3 heteroatoms. The summed E-state index contributed by atoms with van der Waals surface area (Å²) in [5, 5.41) is 10.7. The Bertz CT molecular complexity index is 487. The predicted octanol–water partition coefficient (Wildman–Crippen LogP) is 1.95. The highest BCUT2D eigenvalue weighted by Gasteiger charge is 2.16. The third-order valence-electron chi connectivity index (χ3n) is 2.75. The molecule has 0 spiro atoms. The van der Waals surface area contributed by atoms with Crippen molar-refractivity contribution in [2.75, 3.05) is 6.61 Å². The lowest BCUT2D eigenvalue weighted by Gasteiger charge is -2.11. The fourth-order valence-electron chi connectivity index (χ4n) is 2.04. The minimum atomic E-state index is 0.317. The van der Waals surface area contributed by atoms with Gasteiger partial charge in [-0.1, -0.05) is 12.1 Å². The Kier molecular flexibility index (Phi) is 1.55. The van der Waals surface area contributed by atoms with Gasteiger partial charge in [0.05, 0.1) is 18.7 Å². The van der Waals surface area contributed by atoms with Crippen LogP contribution < -0.4 is 0 Å². The molecule has 3 rings (SSSR count). The maximum atomic E-state index is 9.65. The number of phenols is 1. The van der Waals surface area contributed by atoms with E-state index in [0.717, 1.165) is 23.9 Å². The van der Waals surface area contributed by atoms with Crippen LogP contribution in [0.4, 0.5) is 0 Å². The van der Waals surface area contributed by atoms with Crippen molar-refractivity contribution in [3.8, 4) is 5.75 Å². The zero-order valence-electron chi connectivity index (χ0n) is 7.71. The van der Waals surface area contributed by atoms with Gasteiger partial charge >= 0.3 is 0 Å². The number of hydrogen-bond donors (Lipinski definition) is 2. The standard InChI is InChI=1S/C11H11NO2/c13-10-3-1-2-7-8-6-14-5-4-9(8)12-11(7)10/h1-3,12-13H,4-6H2. The van der Waals surface area contributed by atoms with Crippen LogP contribution in [0.3, 0.4) is 0 Å². The average molecular weight is 189 g/mol. The number of benzene rings is 1. The van der Waals surface area contributed by atoms with Crippen LogP contribution in [0.25, 0.3) is 10.9 Å². The second kappa shape index (κ2) is 2.75. The van der Waals surface area contributed by atoms with Crippen molar-refractivity contribution in [1.29, 1.82) is 0 Å². The molecule has 0 saturated carbocycles. The van der Waals surface area contributed by atoms with Gasteiger partial charge in [-0.05, 0) is 6.07 Å². The summed E-state index contributed by atoms with van der Waals surface area (Å²) in [7, 11) is 0. The number of rotatable bonds is 0. The van der Waals surface area contributed by atoms with Crippen molar-refractivity contribution < 1.29 is 9.84 Å². The molecular weight excluding hydrogens is 178 g/mol. The van der Waals surface area contributed by atoms with Gasteiger partial charge in [-0.2, -0.15) is 0 Å². The molecule has 1 aliphatic heterocycles. The van der Waals surface area contributed by atoms with E-state index in [-0.39, 0.29) is 0 Å². The Balaban J connectivity index is 2.36. The van der Waals surface area contributed by atoms with Gasteiger partial charge in [-0.25, -0.2) is 0 Å². The largest absolute Gasteiger partial charge is 0.506 e. The molecule has 2 aromatic rings. The summed E-state index contributed by atoms with van der Waals surface area (Å²) in [4.78, 5) is 3.25.